The van der Waals surface area contributed by atoms with E-state index in [1.807, 2.05) is 6.92 Å². The van der Waals surface area contributed by atoms with E-state index in [-0.39, 0.29) is 23.5 Å². The number of nitrogens with one attached hydrogen (secondary N) is 1. The van der Waals surface area contributed by atoms with Gasteiger partial charge in [-0.3, -0.25) is 14.4 Å². The van der Waals surface area contributed by atoms with Crippen molar-refractivity contribution in [3.05, 3.63) is 59.7 Å². The summed E-state index contributed by atoms with van der Waals surface area (Å²) in [5.74, 6) is -1.38. The van der Waals surface area contributed by atoms with Gasteiger partial charge in [-0.2, -0.15) is 0 Å². The van der Waals surface area contributed by atoms with E-state index in [1.165, 1.54) is 25.1 Å². The highest BCUT2D eigenvalue weighted by molar-refractivity contribution is 7.89. The molecule has 1 aliphatic heterocycles. The van der Waals surface area contributed by atoms with Crippen LogP contribution in [-0.4, -0.2) is 36.4 Å². The van der Waals surface area contributed by atoms with Gasteiger partial charge in [0, 0.05) is 17.7 Å². The molecule has 7 nitrogen and oxygen atoms in total. The lowest BCUT2D eigenvalue weighted by atomic mass is 10.1. The minimum Gasteiger partial charge on any atom is -0.324 e. The number of carbonyl (C=O) groups excluding carboxylic acids is 3. The molecular formula is C20H20N2O5S. The molecule has 2 aromatic carbocycles. The van der Waals surface area contributed by atoms with Crippen LogP contribution in [0, 0.1) is 6.92 Å². The van der Waals surface area contributed by atoms with Crippen molar-refractivity contribution in [2.75, 3.05) is 5.32 Å². The minimum atomic E-state index is -4.14. The summed E-state index contributed by atoms with van der Waals surface area (Å²) in [4.78, 5) is 36.5. The van der Waals surface area contributed by atoms with Crippen LogP contribution in [0.25, 0.3) is 0 Å². The third-order valence-electron chi connectivity index (χ3n) is 4.58. The molecule has 0 aromatic heterocycles. The smallest absolute Gasteiger partial charge is 0.267 e. The lowest BCUT2D eigenvalue weighted by molar-refractivity contribution is -0.128. The highest BCUT2D eigenvalue weighted by Crippen LogP contribution is 2.28. The molecule has 0 bridgehead atoms. The van der Waals surface area contributed by atoms with Crippen molar-refractivity contribution < 1.29 is 22.8 Å². The number of ketones is 1. The van der Waals surface area contributed by atoms with Crippen molar-refractivity contribution >= 4 is 33.3 Å². The molecular weight excluding hydrogens is 380 g/mol. The number of Topliss-reactive ketones (excluding diaryl/α,β-unsaturated/α-hetero) is 1. The Morgan fingerprint density at radius 1 is 1.11 bits per heavy atom. The van der Waals surface area contributed by atoms with Gasteiger partial charge in [-0.1, -0.05) is 29.8 Å². The molecule has 146 valence electrons. The van der Waals surface area contributed by atoms with Crippen LogP contribution >= 0.6 is 0 Å². The first-order valence-electron chi connectivity index (χ1n) is 8.76. The Morgan fingerprint density at radius 3 is 2.43 bits per heavy atom. The number of anilines is 1. The van der Waals surface area contributed by atoms with Crippen molar-refractivity contribution in [2.45, 2.75) is 37.6 Å². The molecule has 1 fully saturated rings. The van der Waals surface area contributed by atoms with Crippen molar-refractivity contribution in [3.8, 4) is 0 Å². The average molecular weight is 400 g/mol. The van der Waals surface area contributed by atoms with Crippen molar-refractivity contribution in [3.63, 3.8) is 0 Å². The Morgan fingerprint density at radius 2 is 1.79 bits per heavy atom. The molecule has 0 saturated carbocycles. The summed E-state index contributed by atoms with van der Waals surface area (Å²) in [6.45, 7) is 3.23. The van der Waals surface area contributed by atoms with Crippen molar-refractivity contribution in [1.29, 1.82) is 0 Å². The van der Waals surface area contributed by atoms with Crippen LogP contribution in [0.2, 0.25) is 0 Å². The Kier molecular flexibility index (Phi) is 5.33. The zero-order chi connectivity index (χ0) is 20.5. The van der Waals surface area contributed by atoms with Gasteiger partial charge in [-0.05, 0) is 44.5 Å². The summed E-state index contributed by atoms with van der Waals surface area (Å²) in [7, 11) is -4.14. The number of aryl methyl sites for hydroxylation is 1. The number of carbonyl (C=O) groups is 3. The van der Waals surface area contributed by atoms with E-state index in [1.54, 1.807) is 30.3 Å². The molecule has 3 rings (SSSR count). The van der Waals surface area contributed by atoms with E-state index in [9.17, 15) is 22.8 Å². The second kappa shape index (κ2) is 7.55. The molecule has 0 radical (unpaired) electrons. The van der Waals surface area contributed by atoms with Crippen LogP contribution in [0.4, 0.5) is 5.69 Å². The fourth-order valence-electron chi connectivity index (χ4n) is 3.07. The molecule has 8 heteroatoms. The predicted molar refractivity (Wildman–Crippen MR) is 103 cm³/mol. The first-order valence-corrected chi connectivity index (χ1v) is 10.2. The van der Waals surface area contributed by atoms with E-state index in [0.29, 0.717) is 15.6 Å². The van der Waals surface area contributed by atoms with Gasteiger partial charge in [0.1, 0.15) is 6.04 Å². The molecule has 1 heterocycles. The van der Waals surface area contributed by atoms with Gasteiger partial charge < -0.3 is 5.32 Å². The average Bonchev–Trinajstić information content (AvgIpc) is 3.05. The number of hydrogen-bond acceptors (Lipinski definition) is 5. The number of sulfonamides is 1. The lowest BCUT2D eigenvalue weighted by Gasteiger charge is -2.24. The van der Waals surface area contributed by atoms with E-state index >= 15 is 0 Å². The Balaban J connectivity index is 1.87. The topological polar surface area (TPSA) is 101 Å². The number of benzene rings is 2. The molecule has 2 aromatic rings. The number of nitrogens with zero attached hydrogens (tertiary/aromatic N) is 1. The van der Waals surface area contributed by atoms with E-state index < -0.39 is 27.9 Å². The van der Waals surface area contributed by atoms with E-state index in [2.05, 4.69) is 5.32 Å². The largest absolute Gasteiger partial charge is 0.324 e. The highest BCUT2D eigenvalue weighted by atomic mass is 32.2. The van der Waals surface area contributed by atoms with Crippen LogP contribution in [0.3, 0.4) is 0 Å². The van der Waals surface area contributed by atoms with Gasteiger partial charge in [-0.15, -0.1) is 0 Å². The third-order valence-corrected chi connectivity index (χ3v) is 6.42. The zero-order valence-electron chi connectivity index (χ0n) is 15.5. The molecule has 0 aliphatic carbocycles. The molecule has 1 atom stereocenters. The monoisotopic (exact) mass is 400 g/mol. The first-order chi connectivity index (χ1) is 13.2. The molecule has 1 aliphatic rings. The maximum atomic E-state index is 12.9. The quantitative estimate of drug-likeness (QED) is 0.777. The van der Waals surface area contributed by atoms with E-state index in [4.69, 9.17) is 0 Å². The van der Waals surface area contributed by atoms with E-state index in [0.717, 1.165) is 5.56 Å². The summed E-state index contributed by atoms with van der Waals surface area (Å²) >= 11 is 0. The van der Waals surface area contributed by atoms with Crippen LogP contribution in [-0.2, 0) is 19.6 Å². The van der Waals surface area contributed by atoms with Crippen LogP contribution in [0.5, 0.6) is 0 Å². The van der Waals surface area contributed by atoms with Gasteiger partial charge in [0.25, 0.3) is 10.0 Å². The summed E-state index contributed by atoms with van der Waals surface area (Å²) in [5.41, 5.74) is 1.67. The second-order valence-electron chi connectivity index (χ2n) is 6.69. The normalized spacial score (nSPS) is 16.9. The number of hydrogen-bond donors (Lipinski definition) is 1. The number of amides is 2. The van der Waals surface area contributed by atoms with Gasteiger partial charge in [0.2, 0.25) is 11.8 Å². The maximum Gasteiger partial charge on any atom is 0.267 e. The molecule has 1 N–H and O–H groups in total. The van der Waals surface area contributed by atoms with Gasteiger partial charge >= 0.3 is 0 Å². The summed E-state index contributed by atoms with van der Waals surface area (Å²) in [5, 5.41) is 2.61. The summed E-state index contributed by atoms with van der Waals surface area (Å²) in [6, 6.07) is 11.3. The van der Waals surface area contributed by atoms with Crippen molar-refractivity contribution in [2.24, 2.45) is 0 Å². The van der Waals surface area contributed by atoms with Gasteiger partial charge in [0.05, 0.1) is 4.90 Å². The summed E-state index contributed by atoms with van der Waals surface area (Å²) < 4.78 is 26.6. The molecule has 1 unspecified atom stereocenters. The molecule has 2 amide bonds. The SMILES string of the molecule is CC(=O)c1cccc(NC(=O)C2CCC(=O)N2S(=O)(=O)c2ccc(C)cc2)c1. The number of rotatable bonds is 5. The Labute approximate surface area is 163 Å². The lowest BCUT2D eigenvalue weighted by Crippen LogP contribution is -2.45. The van der Waals surface area contributed by atoms with Crippen LogP contribution in [0.1, 0.15) is 35.7 Å². The molecule has 1 saturated heterocycles. The highest BCUT2D eigenvalue weighted by Gasteiger charge is 2.44. The fourth-order valence-corrected chi connectivity index (χ4v) is 4.67. The van der Waals surface area contributed by atoms with Crippen LogP contribution in [0.15, 0.2) is 53.4 Å². The second-order valence-corrected chi connectivity index (χ2v) is 8.50. The maximum absolute atomic E-state index is 12.9. The summed E-state index contributed by atoms with van der Waals surface area (Å²) in [6.07, 6.45) is 0.0683. The van der Waals surface area contributed by atoms with Gasteiger partial charge in [0.15, 0.2) is 5.78 Å². The predicted octanol–water partition coefficient (Wildman–Crippen LogP) is 2.52. The van der Waals surface area contributed by atoms with Crippen LogP contribution < -0.4 is 5.32 Å². The molecule has 28 heavy (non-hydrogen) atoms. The Hall–Kier alpha value is -3.00. The fraction of sp³-hybridized carbons (Fsp3) is 0.250. The van der Waals surface area contributed by atoms with Gasteiger partial charge in [-0.25, -0.2) is 12.7 Å². The minimum absolute atomic E-state index is 0.0311. The zero-order valence-corrected chi connectivity index (χ0v) is 16.3. The first kappa shape index (κ1) is 19.8. The van der Waals surface area contributed by atoms with Crippen molar-refractivity contribution in [1.82, 2.24) is 4.31 Å². The third kappa shape index (κ3) is 3.82. The Bertz CT molecular complexity index is 1040. The molecule has 0 spiro atoms. The standard InChI is InChI=1S/C20H20N2O5S/c1-13-6-8-17(9-7-13)28(26,27)22-18(10-11-19(22)24)20(25)21-16-5-3-4-15(12-16)14(2)23/h3-9,12,18H,10-11H2,1-2H3,(H,21,25).